The van der Waals surface area contributed by atoms with E-state index in [2.05, 4.69) is 0 Å². The predicted molar refractivity (Wildman–Crippen MR) is 72.7 cm³/mol. The third kappa shape index (κ3) is 2.02. The van der Waals surface area contributed by atoms with E-state index in [-0.39, 0.29) is 11.8 Å². The monoisotopic (exact) mass is 276 g/mol. The van der Waals surface area contributed by atoms with Crippen molar-refractivity contribution in [3.05, 3.63) is 34.7 Å². The summed E-state index contributed by atoms with van der Waals surface area (Å²) < 4.78 is 8.72. The van der Waals surface area contributed by atoms with Crippen LogP contribution >= 0.6 is 0 Å². The number of carboxylic acids is 1. The lowest BCUT2D eigenvalue weighted by atomic mass is 10.2. The van der Waals surface area contributed by atoms with Crippen LogP contribution in [-0.2, 0) is 23.1 Å². The molecule has 2 unspecified atom stereocenters. The number of fused-ring (bicyclic) bond motifs is 1. The molecule has 0 spiro atoms. The van der Waals surface area contributed by atoms with Gasteiger partial charge in [-0.25, -0.2) is 9.59 Å². The summed E-state index contributed by atoms with van der Waals surface area (Å²) in [5.74, 6) is -0.933. The largest absolute Gasteiger partial charge is 0.479 e. The van der Waals surface area contributed by atoms with Crippen LogP contribution in [0.25, 0.3) is 11.0 Å². The highest BCUT2D eigenvalue weighted by Gasteiger charge is 2.31. The van der Waals surface area contributed by atoms with Crippen molar-refractivity contribution in [1.29, 1.82) is 0 Å². The van der Waals surface area contributed by atoms with Crippen molar-refractivity contribution < 1.29 is 14.6 Å². The average molecular weight is 276 g/mol. The molecule has 1 saturated heterocycles. The maximum absolute atomic E-state index is 12.2. The molecule has 2 heterocycles. The van der Waals surface area contributed by atoms with Crippen LogP contribution in [0.3, 0.4) is 0 Å². The lowest BCUT2D eigenvalue weighted by Gasteiger charge is -2.11. The Labute approximate surface area is 115 Å². The molecule has 1 aromatic heterocycles. The summed E-state index contributed by atoms with van der Waals surface area (Å²) >= 11 is 0. The Hall–Kier alpha value is -2.08. The first-order valence-electron chi connectivity index (χ1n) is 6.60. The van der Waals surface area contributed by atoms with Crippen molar-refractivity contribution in [3.63, 3.8) is 0 Å². The minimum absolute atomic E-state index is 0.103. The average Bonchev–Trinajstić information content (AvgIpc) is 3.00. The maximum Gasteiger partial charge on any atom is 0.332 e. The molecular formula is C14H16N2O4. The molecule has 2 atom stereocenters. The number of hydrogen-bond acceptors (Lipinski definition) is 3. The van der Waals surface area contributed by atoms with E-state index in [1.165, 1.54) is 0 Å². The van der Waals surface area contributed by atoms with Gasteiger partial charge in [0.05, 0.1) is 23.7 Å². The van der Waals surface area contributed by atoms with Gasteiger partial charge in [-0.15, -0.1) is 0 Å². The molecule has 3 rings (SSSR count). The van der Waals surface area contributed by atoms with Gasteiger partial charge in [-0.2, -0.15) is 0 Å². The number of para-hydroxylation sites is 2. The zero-order valence-corrected chi connectivity index (χ0v) is 11.2. The van der Waals surface area contributed by atoms with E-state index in [1.807, 2.05) is 24.3 Å². The molecule has 1 fully saturated rings. The molecule has 20 heavy (non-hydrogen) atoms. The molecule has 1 aromatic carbocycles. The molecule has 0 saturated carbocycles. The van der Waals surface area contributed by atoms with Gasteiger partial charge in [0, 0.05) is 7.05 Å². The molecule has 0 aliphatic carbocycles. The van der Waals surface area contributed by atoms with Gasteiger partial charge in [0.2, 0.25) is 0 Å². The smallest absolute Gasteiger partial charge is 0.332 e. The fraction of sp³-hybridized carbons (Fsp3) is 0.429. The quantitative estimate of drug-likeness (QED) is 0.906. The van der Waals surface area contributed by atoms with Gasteiger partial charge in [-0.05, 0) is 25.0 Å². The molecule has 0 amide bonds. The summed E-state index contributed by atoms with van der Waals surface area (Å²) in [6, 6.07) is 7.55. The lowest BCUT2D eigenvalue weighted by Crippen LogP contribution is -2.29. The Morgan fingerprint density at radius 3 is 2.70 bits per heavy atom. The highest BCUT2D eigenvalue weighted by atomic mass is 16.5. The van der Waals surface area contributed by atoms with Crippen LogP contribution in [0.15, 0.2) is 29.1 Å². The van der Waals surface area contributed by atoms with Crippen LogP contribution in [0.1, 0.15) is 12.8 Å². The second-order valence-electron chi connectivity index (χ2n) is 5.10. The van der Waals surface area contributed by atoms with Crippen LogP contribution in [0.4, 0.5) is 0 Å². The van der Waals surface area contributed by atoms with Crippen LogP contribution in [0, 0.1) is 0 Å². The number of benzene rings is 1. The molecule has 106 valence electrons. The maximum atomic E-state index is 12.2. The summed E-state index contributed by atoms with van der Waals surface area (Å²) in [6.07, 6.45) is 0.192. The standard InChI is InChI=1S/C14H16N2O4/c1-15-10-4-2-3-5-11(10)16(14(15)19)8-9-6-7-12(20-9)13(17)18/h2-5,9,12H,6-8H2,1H3,(H,17,18). The Morgan fingerprint density at radius 1 is 1.35 bits per heavy atom. The molecule has 1 aliphatic rings. The fourth-order valence-electron chi connectivity index (χ4n) is 2.76. The first-order chi connectivity index (χ1) is 9.58. The highest BCUT2D eigenvalue weighted by Crippen LogP contribution is 2.22. The molecular weight excluding hydrogens is 260 g/mol. The molecule has 1 N–H and O–H groups in total. The predicted octanol–water partition coefficient (Wildman–Crippen LogP) is 0.972. The Bertz CT molecular complexity index is 716. The van der Waals surface area contributed by atoms with Gasteiger partial charge in [-0.1, -0.05) is 12.1 Å². The zero-order valence-electron chi connectivity index (χ0n) is 11.2. The summed E-state index contributed by atoms with van der Waals surface area (Å²) in [5, 5.41) is 8.93. The molecule has 6 heteroatoms. The van der Waals surface area contributed by atoms with Crippen molar-refractivity contribution in [3.8, 4) is 0 Å². The first kappa shape index (κ1) is 12.9. The molecule has 0 bridgehead atoms. The zero-order chi connectivity index (χ0) is 14.3. The molecule has 6 nitrogen and oxygen atoms in total. The van der Waals surface area contributed by atoms with Crippen molar-refractivity contribution in [2.24, 2.45) is 7.05 Å². The van der Waals surface area contributed by atoms with E-state index < -0.39 is 12.1 Å². The van der Waals surface area contributed by atoms with Gasteiger partial charge < -0.3 is 9.84 Å². The Balaban J connectivity index is 1.91. The van der Waals surface area contributed by atoms with Crippen molar-refractivity contribution in [2.45, 2.75) is 31.6 Å². The number of imidazole rings is 1. The van der Waals surface area contributed by atoms with Crippen LogP contribution in [-0.4, -0.2) is 32.4 Å². The van der Waals surface area contributed by atoms with Gasteiger partial charge in [0.15, 0.2) is 6.10 Å². The van der Waals surface area contributed by atoms with Crippen LogP contribution in [0.2, 0.25) is 0 Å². The van der Waals surface area contributed by atoms with Crippen LogP contribution < -0.4 is 5.69 Å². The summed E-state index contributed by atoms with van der Waals surface area (Å²) in [7, 11) is 1.73. The first-order valence-corrected chi connectivity index (χ1v) is 6.60. The minimum Gasteiger partial charge on any atom is -0.479 e. The number of aryl methyl sites for hydroxylation is 1. The Kier molecular flexibility index (Phi) is 3.10. The van der Waals surface area contributed by atoms with Gasteiger partial charge in [0.25, 0.3) is 0 Å². The topological polar surface area (TPSA) is 73.5 Å². The second kappa shape index (κ2) is 4.79. The number of carbonyl (C=O) groups is 1. The number of aromatic nitrogens is 2. The van der Waals surface area contributed by atoms with Gasteiger partial charge in [-0.3, -0.25) is 9.13 Å². The Morgan fingerprint density at radius 2 is 2.05 bits per heavy atom. The van der Waals surface area contributed by atoms with E-state index in [9.17, 15) is 9.59 Å². The van der Waals surface area contributed by atoms with Crippen LogP contribution in [0.5, 0.6) is 0 Å². The third-order valence-corrected chi connectivity index (χ3v) is 3.82. The number of hydrogen-bond donors (Lipinski definition) is 1. The number of carboxylic acid groups (broad SMARTS) is 1. The number of aliphatic carboxylic acids is 1. The van der Waals surface area contributed by atoms with Crippen molar-refractivity contribution in [1.82, 2.24) is 9.13 Å². The highest BCUT2D eigenvalue weighted by molar-refractivity contribution is 5.76. The molecule has 0 radical (unpaired) electrons. The van der Waals surface area contributed by atoms with Gasteiger partial charge in [0.1, 0.15) is 0 Å². The van der Waals surface area contributed by atoms with Crippen molar-refractivity contribution >= 4 is 17.0 Å². The summed E-state index contributed by atoms with van der Waals surface area (Å²) in [4.78, 5) is 23.1. The summed E-state index contributed by atoms with van der Waals surface area (Å²) in [5.41, 5.74) is 1.61. The van der Waals surface area contributed by atoms with E-state index in [4.69, 9.17) is 9.84 Å². The van der Waals surface area contributed by atoms with Crippen molar-refractivity contribution in [2.75, 3.05) is 0 Å². The third-order valence-electron chi connectivity index (χ3n) is 3.82. The van der Waals surface area contributed by atoms with Gasteiger partial charge >= 0.3 is 11.7 Å². The fourth-order valence-corrected chi connectivity index (χ4v) is 2.76. The number of nitrogens with zero attached hydrogens (tertiary/aromatic N) is 2. The summed E-state index contributed by atoms with van der Waals surface area (Å²) in [6.45, 7) is 0.393. The lowest BCUT2D eigenvalue weighted by molar-refractivity contribution is -0.149. The normalized spacial score (nSPS) is 22.4. The van der Waals surface area contributed by atoms with E-state index in [1.54, 1.807) is 16.2 Å². The molecule has 2 aromatic rings. The minimum atomic E-state index is -0.933. The van der Waals surface area contributed by atoms with E-state index in [0.29, 0.717) is 19.4 Å². The SMILES string of the molecule is Cn1c(=O)n(CC2CCC(C(=O)O)O2)c2ccccc21. The van der Waals surface area contributed by atoms with E-state index in [0.717, 1.165) is 11.0 Å². The number of ether oxygens (including phenoxy) is 1. The second-order valence-corrected chi connectivity index (χ2v) is 5.10. The van der Waals surface area contributed by atoms with E-state index >= 15 is 0 Å². The molecule has 1 aliphatic heterocycles. The number of rotatable bonds is 3.